The van der Waals surface area contributed by atoms with Crippen molar-refractivity contribution >= 4 is 38.4 Å². The van der Waals surface area contributed by atoms with Gasteiger partial charge in [-0.2, -0.15) is 0 Å². The molecule has 1 aliphatic rings. The van der Waals surface area contributed by atoms with Crippen LogP contribution >= 0.6 is 15.9 Å². The van der Waals surface area contributed by atoms with Crippen LogP contribution in [-0.4, -0.2) is 22.8 Å². The fraction of sp³-hybridized carbons (Fsp3) is 0.333. The molecule has 1 atom stereocenters. The highest BCUT2D eigenvalue weighted by molar-refractivity contribution is 9.09. The fourth-order valence-corrected chi connectivity index (χ4v) is 3.14. The monoisotopic (exact) mass is 318 g/mol. The zero-order valence-corrected chi connectivity index (χ0v) is 12.4. The van der Waals surface area contributed by atoms with Crippen LogP contribution in [0.1, 0.15) is 12.0 Å². The Morgan fingerprint density at radius 2 is 2.26 bits per heavy atom. The molecule has 2 aromatic rings. The van der Waals surface area contributed by atoms with Gasteiger partial charge in [-0.05, 0) is 36.6 Å². The van der Waals surface area contributed by atoms with Gasteiger partial charge in [-0.1, -0.05) is 22.0 Å². The Balaban J connectivity index is 2.14. The Bertz CT molecular complexity index is 641. The maximum atomic E-state index is 12.2. The third kappa shape index (κ3) is 2.14. The summed E-state index contributed by atoms with van der Waals surface area (Å²) in [7, 11) is 0. The topological polar surface area (TPSA) is 33.2 Å². The lowest BCUT2D eigenvalue weighted by Gasteiger charge is -2.21. The fourth-order valence-electron chi connectivity index (χ4n) is 2.71. The average Bonchev–Trinajstić information content (AvgIpc) is 2.80. The molecule has 4 heteroatoms. The van der Waals surface area contributed by atoms with E-state index in [1.54, 1.807) is 6.20 Å². The number of anilines is 1. The number of fused-ring (bicyclic) bond motifs is 1. The number of halogens is 1. The average molecular weight is 319 g/mol. The predicted molar refractivity (Wildman–Crippen MR) is 80.7 cm³/mol. The number of aryl methyl sites for hydroxylation is 1. The minimum absolute atomic E-state index is 0.212. The number of aromatic nitrogens is 1. The smallest absolute Gasteiger partial charge is 0.227 e. The second kappa shape index (κ2) is 4.93. The summed E-state index contributed by atoms with van der Waals surface area (Å²) in [4.78, 5) is 18.5. The Kier molecular flexibility index (Phi) is 3.27. The zero-order chi connectivity index (χ0) is 13.4. The highest BCUT2D eigenvalue weighted by atomic mass is 79.9. The Labute approximate surface area is 120 Å². The number of amides is 1. The molecule has 0 bridgehead atoms. The van der Waals surface area contributed by atoms with E-state index in [0.29, 0.717) is 12.3 Å². The molecule has 2 heterocycles. The van der Waals surface area contributed by atoms with Crippen molar-refractivity contribution in [2.75, 3.05) is 16.8 Å². The molecule has 1 amide bonds. The lowest BCUT2D eigenvalue weighted by molar-refractivity contribution is -0.117. The van der Waals surface area contributed by atoms with Crippen molar-refractivity contribution in [3.8, 4) is 0 Å². The summed E-state index contributed by atoms with van der Waals surface area (Å²) in [5, 5.41) is 1.93. The number of pyridine rings is 1. The van der Waals surface area contributed by atoms with Crippen molar-refractivity contribution in [1.82, 2.24) is 4.98 Å². The maximum Gasteiger partial charge on any atom is 0.227 e. The third-order valence-electron chi connectivity index (χ3n) is 3.65. The highest BCUT2D eigenvalue weighted by Gasteiger charge is 2.31. The third-order valence-corrected chi connectivity index (χ3v) is 4.57. The van der Waals surface area contributed by atoms with Crippen LogP contribution in [0.2, 0.25) is 0 Å². The summed E-state index contributed by atoms with van der Waals surface area (Å²) in [5.41, 5.74) is 3.10. The predicted octanol–water partition coefficient (Wildman–Crippen LogP) is 3.29. The molecule has 98 valence electrons. The van der Waals surface area contributed by atoms with Gasteiger partial charge in [-0.15, -0.1) is 0 Å². The first-order chi connectivity index (χ1) is 9.20. The van der Waals surface area contributed by atoms with Gasteiger partial charge in [0.15, 0.2) is 0 Å². The van der Waals surface area contributed by atoms with Crippen molar-refractivity contribution in [3.05, 3.63) is 36.0 Å². The van der Waals surface area contributed by atoms with Gasteiger partial charge in [0.05, 0.1) is 11.2 Å². The number of hydrogen-bond donors (Lipinski definition) is 0. The molecule has 3 rings (SSSR count). The Morgan fingerprint density at radius 3 is 3.00 bits per heavy atom. The van der Waals surface area contributed by atoms with Crippen LogP contribution < -0.4 is 4.90 Å². The van der Waals surface area contributed by atoms with Crippen LogP contribution in [0.15, 0.2) is 30.5 Å². The van der Waals surface area contributed by atoms with Gasteiger partial charge in [0.1, 0.15) is 0 Å². The molecule has 3 nitrogen and oxygen atoms in total. The van der Waals surface area contributed by atoms with E-state index in [9.17, 15) is 4.79 Å². The molecule has 0 spiro atoms. The number of benzene rings is 1. The SMILES string of the molecule is Cc1ccc2ncccc2c1N1CC(CBr)CC1=O. The van der Waals surface area contributed by atoms with E-state index >= 15 is 0 Å². The van der Waals surface area contributed by atoms with Gasteiger partial charge in [-0.25, -0.2) is 0 Å². The van der Waals surface area contributed by atoms with Crippen LogP contribution in [0.5, 0.6) is 0 Å². The van der Waals surface area contributed by atoms with Crippen LogP contribution in [0, 0.1) is 12.8 Å². The van der Waals surface area contributed by atoms with E-state index in [-0.39, 0.29) is 5.91 Å². The molecule has 1 aliphatic heterocycles. The molecular weight excluding hydrogens is 304 g/mol. The Morgan fingerprint density at radius 1 is 1.42 bits per heavy atom. The number of carbonyl (C=O) groups excluding carboxylic acids is 1. The van der Waals surface area contributed by atoms with Crippen molar-refractivity contribution in [2.45, 2.75) is 13.3 Å². The lowest BCUT2D eigenvalue weighted by Crippen LogP contribution is -2.25. The molecule has 1 aromatic carbocycles. The van der Waals surface area contributed by atoms with E-state index in [1.165, 1.54) is 0 Å². The molecular formula is C15H15BrN2O. The number of hydrogen-bond acceptors (Lipinski definition) is 2. The lowest BCUT2D eigenvalue weighted by atomic mass is 10.1. The van der Waals surface area contributed by atoms with Crippen molar-refractivity contribution < 1.29 is 4.79 Å². The standard InChI is InChI=1S/C15H15BrN2O/c1-10-4-5-13-12(3-2-6-17-13)15(10)18-9-11(8-16)7-14(18)19/h2-6,11H,7-9H2,1H3. The molecule has 0 N–H and O–H groups in total. The molecule has 1 aromatic heterocycles. The maximum absolute atomic E-state index is 12.2. The van der Waals surface area contributed by atoms with Gasteiger partial charge in [-0.3, -0.25) is 9.78 Å². The van der Waals surface area contributed by atoms with Crippen molar-refractivity contribution in [2.24, 2.45) is 5.92 Å². The summed E-state index contributed by atoms with van der Waals surface area (Å²) in [5.74, 6) is 0.614. The summed E-state index contributed by atoms with van der Waals surface area (Å²) in [6.45, 7) is 2.84. The number of alkyl halides is 1. The second-order valence-corrected chi connectivity index (χ2v) is 5.68. The normalized spacial score (nSPS) is 19.4. The molecule has 0 saturated carbocycles. The zero-order valence-electron chi connectivity index (χ0n) is 10.8. The summed E-state index contributed by atoms with van der Waals surface area (Å²) in [6, 6.07) is 8.02. The van der Waals surface area contributed by atoms with Gasteiger partial charge >= 0.3 is 0 Å². The van der Waals surface area contributed by atoms with E-state index < -0.39 is 0 Å². The first kappa shape index (κ1) is 12.6. The van der Waals surface area contributed by atoms with Crippen molar-refractivity contribution in [3.63, 3.8) is 0 Å². The highest BCUT2D eigenvalue weighted by Crippen LogP contribution is 2.34. The summed E-state index contributed by atoms with van der Waals surface area (Å²) >= 11 is 3.48. The van der Waals surface area contributed by atoms with E-state index in [4.69, 9.17) is 0 Å². The summed E-state index contributed by atoms with van der Waals surface area (Å²) in [6.07, 6.45) is 2.41. The first-order valence-corrected chi connectivity index (χ1v) is 7.53. The molecule has 19 heavy (non-hydrogen) atoms. The summed E-state index contributed by atoms with van der Waals surface area (Å²) < 4.78 is 0. The van der Waals surface area contributed by atoms with Gasteiger partial charge in [0, 0.05) is 29.9 Å². The Hall–Kier alpha value is -1.42. The van der Waals surface area contributed by atoms with Crippen molar-refractivity contribution in [1.29, 1.82) is 0 Å². The second-order valence-electron chi connectivity index (χ2n) is 5.03. The largest absolute Gasteiger partial charge is 0.311 e. The molecule has 0 aliphatic carbocycles. The van der Waals surface area contributed by atoms with Crippen LogP contribution in [0.25, 0.3) is 10.9 Å². The molecule has 0 radical (unpaired) electrons. The van der Waals surface area contributed by atoms with Crippen LogP contribution in [0.3, 0.4) is 0 Å². The minimum Gasteiger partial charge on any atom is -0.311 e. The first-order valence-electron chi connectivity index (χ1n) is 6.41. The van der Waals surface area contributed by atoms with Gasteiger partial charge < -0.3 is 4.90 Å². The minimum atomic E-state index is 0.212. The van der Waals surface area contributed by atoms with E-state index in [0.717, 1.165) is 34.0 Å². The van der Waals surface area contributed by atoms with Gasteiger partial charge in [0.25, 0.3) is 0 Å². The van der Waals surface area contributed by atoms with E-state index in [2.05, 4.69) is 27.8 Å². The van der Waals surface area contributed by atoms with Crippen LogP contribution in [0.4, 0.5) is 5.69 Å². The number of rotatable bonds is 2. The van der Waals surface area contributed by atoms with E-state index in [1.807, 2.05) is 29.2 Å². The number of nitrogens with zero attached hydrogens (tertiary/aromatic N) is 2. The molecule has 1 saturated heterocycles. The quantitative estimate of drug-likeness (QED) is 0.796. The number of carbonyl (C=O) groups is 1. The van der Waals surface area contributed by atoms with Gasteiger partial charge in [0.2, 0.25) is 5.91 Å². The molecule has 1 unspecified atom stereocenters. The van der Waals surface area contributed by atoms with Crippen LogP contribution in [-0.2, 0) is 4.79 Å². The molecule has 1 fully saturated rings.